The quantitative estimate of drug-likeness (QED) is 0.562. The Labute approximate surface area is 69.6 Å². The lowest BCUT2D eigenvalue weighted by atomic mass is 9.72. The summed E-state index contributed by atoms with van der Waals surface area (Å²) >= 11 is 0. The van der Waals surface area contributed by atoms with Crippen molar-refractivity contribution < 1.29 is 0 Å². The van der Waals surface area contributed by atoms with E-state index in [0.29, 0.717) is 0 Å². The maximum Gasteiger partial charge on any atom is 0.00696 e. The van der Waals surface area contributed by atoms with Crippen molar-refractivity contribution in [2.45, 2.75) is 45.1 Å². The molecule has 0 aromatic heterocycles. The number of rotatable bonds is 0. The zero-order chi connectivity index (χ0) is 7.68. The first-order valence-electron chi connectivity index (χ1n) is 5.11. The number of piperidine rings is 1. The van der Waals surface area contributed by atoms with E-state index in [2.05, 4.69) is 12.2 Å². The van der Waals surface area contributed by atoms with Gasteiger partial charge in [-0.15, -0.1) is 0 Å². The minimum atomic E-state index is 0.800. The van der Waals surface area contributed by atoms with Gasteiger partial charge in [0.2, 0.25) is 0 Å². The second kappa shape index (κ2) is 3.14. The SMILES string of the molecule is C[C@@H]1NCC[C@H]2CCCC[C@H]21. The molecule has 11 heavy (non-hydrogen) atoms. The van der Waals surface area contributed by atoms with Crippen molar-refractivity contribution in [3.8, 4) is 0 Å². The van der Waals surface area contributed by atoms with E-state index in [4.69, 9.17) is 0 Å². The van der Waals surface area contributed by atoms with Gasteiger partial charge in [-0.25, -0.2) is 0 Å². The van der Waals surface area contributed by atoms with Gasteiger partial charge in [-0.3, -0.25) is 0 Å². The fraction of sp³-hybridized carbons (Fsp3) is 1.00. The van der Waals surface area contributed by atoms with Crippen molar-refractivity contribution in [3.05, 3.63) is 0 Å². The molecule has 64 valence electrons. The summed E-state index contributed by atoms with van der Waals surface area (Å²) in [4.78, 5) is 0. The molecule has 0 bridgehead atoms. The Bertz CT molecular complexity index is 131. The Morgan fingerprint density at radius 1 is 1.09 bits per heavy atom. The molecule has 3 atom stereocenters. The van der Waals surface area contributed by atoms with Gasteiger partial charge in [-0.2, -0.15) is 0 Å². The minimum Gasteiger partial charge on any atom is -0.314 e. The Morgan fingerprint density at radius 2 is 1.91 bits per heavy atom. The smallest absolute Gasteiger partial charge is 0.00696 e. The van der Waals surface area contributed by atoms with E-state index < -0.39 is 0 Å². The molecule has 2 aliphatic rings. The third-order valence-corrected chi connectivity index (χ3v) is 3.59. The van der Waals surface area contributed by atoms with Gasteiger partial charge in [-0.1, -0.05) is 19.3 Å². The number of hydrogen-bond donors (Lipinski definition) is 1. The zero-order valence-corrected chi connectivity index (χ0v) is 7.47. The summed E-state index contributed by atoms with van der Waals surface area (Å²) in [5, 5.41) is 3.58. The molecule has 2 fully saturated rings. The first-order valence-corrected chi connectivity index (χ1v) is 5.11. The highest BCUT2D eigenvalue weighted by Gasteiger charge is 2.31. The standard InChI is InChI=1S/C10H19N/c1-8-10-5-3-2-4-9(10)6-7-11-8/h8-11H,2-7H2,1H3/t8-,9+,10-/m0/s1. The van der Waals surface area contributed by atoms with Crippen LogP contribution in [0.5, 0.6) is 0 Å². The summed E-state index contributed by atoms with van der Waals surface area (Å²) in [5.74, 6) is 2.08. The van der Waals surface area contributed by atoms with Gasteiger partial charge in [0.15, 0.2) is 0 Å². The number of hydrogen-bond acceptors (Lipinski definition) is 1. The molecule has 1 saturated carbocycles. The Morgan fingerprint density at radius 3 is 2.73 bits per heavy atom. The van der Waals surface area contributed by atoms with Gasteiger partial charge in [-0.05, 0) is 38.1 Å². The van der Waals surface area contributed by atoms with Crippen LogP contribution in [0.2, 0.25) is 0 Å². The molecule has 0 aromatic rings. The van der Waals surface area contributed by atoms with Crippen molar-refractivity contribution in [2.24, 2.45) is 11.8 Å². The monoisotopic (exact) mass is 153 g/mol. The van der Waals surface area contributed by atoms with E-state index in [9.17, 15) is 0 Å². The van der Waals surface area contributed by atoms with Gasteiger partial charge in [0.1, 0.15) is 0 Å². The lowest BCUT2D eigenvalue weighted by Crippen LogP contribution is -2.45. The fourth-order valence-electron chi connectivity index (χ4n) is 2.90. The van der Waals surface area contributed by atoms with Gasteiger partial charge < -0.3 is 5.32 Å². The summed E-state index contributed by atoms with van der Waals surface area (Å²) in [7, 11) is 0. The molecule has 0 aromatic carbocycles. The molecule has 1 aliphatic heterocycles. The Balaban J connectivity index is 1.99. The molecular formula is C10H19N. The van der Waals surface area contributed by atoms with E-state index in [1.54, 1.807) is 0 Å². The summed E-state index contributed by atoms with van der Waals surface area (Å²) in [6.07, 6.45) is 7.41. The van der Waals surface area contributed by atoms with Crippen molar-refractivity contribution in [2.75, 3.05) is 6.54 Å². The average molecular weight is 153 g/mol. The second-order valence-electron chi connectivity index (χ2n) is 4.24. The lowest BCUT2D eigenvalue weighted by Gasteiger charge is -2.40. The van der Waals surface area contributed by atoms with E-state index in [0.717, 1.165) is 17.9 Å². The highest BCUT2D eigenvalue weighted by atomic mass is 14.9. The fourth-order valence-corrected chi connectivity index (χ4v) is 2.90. The molecule has 1 heterocycles. The van der Waals surface area contributed by atoms with Crippen molar-refractivity contribution >= 4 is 0 Å². The first-order chi connectivity index (χ1) is 5.38. The third kappa shape index (κ3) is 1.44. The highest BCUT2D eigenvalue weighted by Crippen LogP contribution is 2.36. The van der Waals surface area contributed by atoms with Crippen LogP contribution in [-0.2, 0) is 0 Å². The van der Waals surface area contributed by atoms with Crippen molar-refractivity contribution in [3.63, 3.8) is 0 Å². The van der Waals surface area contributed by atoms with Gasteiger partial charge >= 0.3 is 0 Å². The normalized spacial score (nSPS) is 45.0. The maximum atomic E-state index is 3.58. The maximum absolute atomic E-state index is 3.58. The third-order valence-electron chi connectivity index (χ3n) is 3.59. The van der Waals surface area contributed by atoms with Crippen LogP contribution in [0.3, 0.4) is 0 Å². The van der Waals surface area contributed by atoms with E-state index >= 15 is 0 Å². The predicted molar refractivity (Wildman–Crippen MR) is 47.5 cm³/mol. The molecule has 2 rings (SSSR count). The van der Waals surface area contributed by atoms with Gasteiger partial charge in [0, 0.05) is 6.04 Å². The lowest BCUT2D eigenvalue weighted by molar-refractivity contribution is 0.142. The van der Waals surface area contributed by atoms with Gasteiger partial charge in [0.05, 0.1) is 0 Å². The van der Waals surface area contributed by atoms with Crippen LogP contribution in [0.15, 0.2) is 0 Å². The molecule has 1 nitrogen and oxygen atoms in total. The van der Waals surface area contributed by atoms with E-state index in [-0.39, 0.29) is 0 Å². The van der Waals surface area contributed by atoms with Crippen molar-refractivity contribution in [1.29, 1.82) is 0 Å². The summed E-state index contributed by atoms with van der Waals surface area (Å²) in [6.45, 7) is 3.63. The van der Waals surface area contributed by atoms with Crippen LogP contribution in [0.25, 0.3) is 0 Å². The molecular weight excluding hydrogens is 134 g/mol. The predicted octanol–water partition coefficient (Wildman–Crippen LogP) is 2.17. The molecule has 0 unspecified atom stereocenters. The molecule has 0 amide bonds. The van der Waals surface area contributed by atoms with Crippen LogP contribution in [-0.4, -0.2) is 12.6 Å². The molecule has 0 radical (unpaired) electrons. The van der Waals surface area contributed by atoms with Crippen LogP contribution in [0, 0.1) is 11.8 Å². The summed E-state index contributed by atoms with van der Waals surface area (Å²) in [6, 6.07) is 0.800. The van der Waals surface area contributed by atoms with Crippen molar-refractivity contribution in [1.82, 2.24) is 5.32 Å². The molecule has 1 N–H and O–H groups in total. The van der Waals surface area contributed by atoms with E-state index in [1.807, 2.05) is 0 Å². The Kier molecular flexibility index (Phi) is 2.17. The molecule has 0 spiro atoms. The van der Waals surface area contributed by atoms with Crippen LogP contribution < -0.4 is 5.32 Å². The van der Waals surface area contributed by atoms with Crippen LogP contribution in [0.1, 0.15) is 39.0 Å². The minimum absolute atomic E-state index is 0.800. The molecule has 1 saturated heterocycles. The van der Waals surface area contributed by atoms with Crippen LogP contribution >= 0.6 is 0 Å². The molecule has 1 aliphatic carbocycles. The zero-order valence-electron chi connectivity index (χ0n) is 7.47. The second-order valence-corrected chi connectivity index (χ2v) is 4.24. The number of nitrogens with one attached hydrogen (secondary N) is 1. The number of fused-ring (bicyclic) bond motifs is 1. The van der Waals surface area contributed by atoms with Crippen LogP contribution in [0.4, 0.5) is 0 Å². The summed E-state index contributed by atoms with van der Waals surface area (Å²) in [5.41, 5.74) is 0. The largest absolute Gasteiger partial charge is 0.314 e. The topological polar surface area (TPSA) is 12.0 Å². The Hall–Kier alpha value is -0.0400. The average Bonchev–Trinajstić information content (AvgIpc) is 2.06. The summed E-state index contributed by atoms with van der Waals surface area (Å²) < 4.78 is 0. The first kappa shape index (κ1) is 7.60. The van der Waals surface area contributed by atoms with Gasteiger partial charge in [0.25, 0.3) is 0 Å². The van der Waals surface area contributed by atoms with E-state index in [1.165, 1.54) is 38.6 Å². The molecule has 1 heteroatoms. The highest BCUT2D eigenvalue weighted by molar-refractivity contribution is 4.86.